The van der Waals surface area contributed by atoms with Crippen molar-refractivity contribution < 1.29 is 13.9 Å². The fourth-order valence-corrected chi connectivity index (χ4v) is 3.23. The first-order chi connectivity index (χ1) is 14.0. The Kier molecular flexibility index (Phi) is 7.76. The fourth-order valence-electron chi connectivity index (χ4n) is 2.49. The Morgan fingerprint density at radius 2 is 1.76 bits per heavy atom. The van der Waals surface area contributed by atoms with Gasteiger partial charge in [0.25, 0.3) is 0 Å². The van der Waals surface area contributed by atoms with Gasteiger partial charge in [0.05, 0.1) is 12.6 Å². The van der Waals surface area contributed by atoms with Crippen molar-refractivity contribution >= 4 is 50.6 Å². The first-order valence-electron chi connectivity index (χ1n) is 8.73. The van der Waals surface area contributed by atoms with Crippen LogP contribution in [0.25, 0.3) is 0 Å². The van der Waals surface area contributed by atoms with Gasteiger partial charge in [-0.25, -0.2) is 9.82 Å². The Morgan fingerprint density at radius 1 is 1.07 bits per heavy atom. The minimum atomic E-state index is -0.334. The number of halogens is 3. The first kappa shape index (κ1) is 21.4. The van der Waals surface area contributed by atoms with Crippen molar-refractivity contribution in [3.8, 4) is 5.75 Å². The summed E-state index contributed by atoms with van der Waals surface area (Å²) < 4.78 is 20.9. The van der Waals surface area contributed by atoms with E-state index in [1.54, 1.807) is 12.1 Å². The zero-order valence-electron chi connectivity index (χ0n) is 15.2. The maximum atomic E-state index is 12.9. The van der Waals surface area contributed by atoms with Gasteiger partial charge in [-0.1, -0.05) is 40.2 Å². The highest BCUT2D eigenvalue weighted by atomic mass is 127. The predicted octanol–water partition coefficient (Wildman–Crippen LogP) is 5.46. The Bertz CT molecular complexity index is 1010. The SMILES string of the molecule is O=C(Cc1ccc(F)cc1)N/N=C/c1cc(Br)ccc1OCc1ccc(I)cc1. The number of nitrogens with one attached hydrogen (secondary N) is 1. The van der Waals surface area contributed by atoms with Crippen LogP contribution >= 0.6 is 38.5 Å². The van der Waals surface area contributed by atoms with Crippen LogP contribution in [0.15, 0.2) is 76.3 Å². The van der Waals surface area contributed by atoms with Crippen LogP contribution in [-0.4, -0.2) is 12.1 Å². The molecule has 3 rings (SSSR count). The quantitative estimate of drug-likeness (QED) is 0.234. The van der Waals surface area contributed by atoms with Crippen LogP contribution in [0.1, 0.15) is 16.7 Å². The summed E-state index contributed by atoms with van der Waals surface area (Å²) >= 11 is 5.69. The highest BCUT2D eigenvalue weighted by Gasteiger charge is 2.05. The Hall–Kier alpha value is -2.26. The summed E-state index contributed by atoms with van der Waals surface area (Å²) in [6.45, 7) is 0.427. The predicted molar refractivity (Wildman–Crippen MR) is 123 cm³/mol. The van der Waals surface area contributed by atoms with Gasteiger partial charge in [0, 0.05) is 13.6 Å². The molecular weight excluding hydrogens is 550 g/mol. The molecule has 0 unspecified atom stereocenters. The smallest absolute Gasteiger partial charge is 0.244 e. The van der Waals surface area contributed by atoms with E-state index in [1.165, 1.54) is 21.9 Å². The van der Waals surface area contributed by atoms with E-state index in [1.807, 2.05) is 42.5 Å². The molecule has 0 saturated heterocycles. The summed E-state index contributed by atoms with van der Waals surface area (Å²) in [5.74, 6) is 0.0343. The molecule has 0 fully saturated rings. The van der Waals surface area contributed by atoms with Gasteiger partial charge in [0.1, 0.15) is 18.2 Å². The molecule has 0 aliphatic carbocycles. The van der Waals surface area contributed by atoms with E-state index in [-0.39, 0.29) is 18.1 Å². The second-order valence-corrected chi connectivity index (χ2v) is 8.36. The number of ether oxygens (including phenoxy) is 1. The van der Waals surface area contributed by atoms with Gasteiger partial charge in [0.2, 0.25) is 5.91 Å². The number of carbonyl (C=O) groups excluding carboxylic acids is 1. The van der Waals surface area contributed by atoms with Crippen LogP contribution in [-0.2, 0) is 17.8 Å². The standard InChI is InChI=1S/C22H17BrFIN2O2/c23-18-5-10-21(29-14-16-3-8-20(25)9-4-16)17(12-18)13-26-27-22(28)11-15-1-6-19(24)7-2-15/h1-10,12-13H,11,14H2,(H,27,28)/b26-13+. The van der Waals surface area contributed by atoms with Gasteiger partial charge in [0.15, 0.2) is 0 Å². The molecule has 3 aromatic rings. The number of hydrogen-bond donors (Lipinski definition) is 1. The number of hydrogen-bond acceptors (Lipinski definition) is 3. The third kappa shape index (κ3) is 6.93. The highest BCUT2D eigenvalue weighted by molar-refractivity contribution is 14.1. The molecule has 7 heteroatoms. The third-order valence-electron chi connectivity index (χ3n) is 3.95. The van der Waals surface area contributed by atoms with Crippen molar-refractivity contribution in [1.29, 1.82) is 0 Å². The van der Waals surface area contributed by atoms with E-state index >= 15 is 0 Å². The van der Waals surface area contributed by atoms with Crippen molar-refractivity contribution in [2.45, 2.75) is 13.0 Å². The van der Waals surface area contributed by atoms with Gasteiger partial charge in [-0.15, -0.1) is 0 Å². The Labute approximate surface area is 190 Å². The van der Waals surface area contributed by atoms with E-state index in [0.717, 1.165) is 15.6 Å². The van der Waals surface area contributed by atoms with E-state index in [4.69, 9.17) is 4.74 Å². The van der Waals surface area contributed by atoms with E-state index < -0.39 is 0 Å². The van der Waals surface area contributed by atoms with Gasteiger partial charge < -0.3 is 4.74 Å². The zero-order valence-corrected chi connectivity index (χ0v) is 19.0. The molecule has 0 aromatic heterocycles. The molecule has 29 heavy (non-hydrogen) atoms. The Balaban J connectivity index is 1.61. The molecule has 3 aromatic carbocycles. The lowest BCUT2D eigenvalue weighted by atomic mass is 10.1. The summed E-state index contributed by atoms with van der Waals surface area (Å²) in [7, 11) is 0. The van der Waals surface area contributed by atoms with E-state index in [2.05, 4.69) is 49.0 Å². The molecule has 1 N–H and O–H groups in total. The van der Waals surface area contributed by atoms with Crippen LogP contribution in [0, 0.1) is 9.39 Å². The number of nitrogens with zero attached hydrogens (tertiary/aromatic N) is 1. The van der Waals surface area contributed by atoms with Crippen molar-refractivity contribution in [1.82, 2.24) is 5.43 Å². The molecule has 0 spiro atoms. The number of benzene rings is 3. The van der Waals surface area contributed by atoms with Crippen LogP contribution in [0.2, 0.25) is 0 Å². The van der Waals surface area contributed by atoms with Crippen LogP contribution < -0.4 is 10.2 Å². The average Bonchev–Trinajstić information content (AvgIpc) is 2.70. The second kappa shape index (κ2) is 10.5. The molecule has 0 aliphatic rings. The first-order valence-corrected chi connectivity index (χ1v) is 10.6. The largest absolute Gasteiger partial charge is 0.488 e. The molecule has 148 valence electrons. The molecule has 0 bridgehead atoms. The van der Waals surface area contributed by atoms with Gasteiger partial charge in [-0.05, 0) is 76.2 Å². The van der Waals surface area contributed by atoms with Crippen LogP contribution in [0.4, 0.5) is 4.39 Å². The maximum Gasteiger partial charge on any atom is 0.244 e. The van der Waals surface area contributed by atoms with Crippen molar-refractivity contribution in [3.63, 3.8) is 0 Å². The molecule has 0 aliphatic heterocycles. The molecule has 0 atom stereocenters. The summed E-state index contributed by atoms with van der Waals surface area (Å²) in [6, 6.07) is 19.5. The lowest BCUT2D eigenvalue weighted by Crippen LogP contribution is -2.19. The van der Waals surface area contributed by atoms with Crippen LogP contribution in [0.5, 0.6) is 5.75 Å². The van der Waals surface area contributed by atoms with Crippen molar-refractivity contribution in [2.75, 3.05) is 0 Å². The minimum Gasteiger partial charge on any atom is -0.488 e. The molecule has 1 amide bonds. The van der Waals surface area contributed by atoms with E-state index in [0.29, 0.717) is 17.9 Å². The van der Waals surface area contributed by atoms with Crippen molar-refractivity contribution in [2.24, 2.45) is 5.10 Å². The van der Waals surface area contributed by atoms with E-state index in [9.17, 15) is 9.18 Å². The van der Waals surface area contributed by atoms with Crippen molar-refractivity contribution in [3.05, 3.63) is 97.3 Å². The Morgan fingerprint density at radius 3 is 2.48 bits per heavy atom. The lowest BCUT2D eigenvalue weighted by molar-refractivity contribution is -0.120. The summed E-state index contributed by atoms with van der Waals surface area (Å²) in [6.07, 6.45) is 1.66. The number of carbonyl (C=O) groups is 1. The molecular formula is C22H17BrFIN2O2. The molecule has 0 heterocycles. The fraction of sp³-hybridized carbons (Fsp3) is 0.0909. The number of rotatable bonds is 7. The summed E-state index contributed by atoms with van der Waals surface area (Å²) in [4.78, 5) is 12.0. The summed E-state index contributed by atoms with van der Waals surface area (Å²) in [5.41, 5.74) is 4.98. The van der Waals surface area contributed by atoms with Gasteiger partial charge in [-0.2, -0.15) is 5.10 Å². The normalized spacial score (nSPS) is 10.9. The van der Waals surface area contributed by atoms with Gasteiger partial charge in [-0.3, -0.25) is 4.79 Å². The topological polar surface area (TPSA) is 50.7 Å². The summed E-state index contributed by atoms with van der Waals surface area (Å²) in [5, 5.41) is 4.02. The lowest BCUT2D eigenvalue weighted by Gasteiger charge is -2.10. The number of hydrazone groups is 1. The monoisotopic (exact) mass is 566 g/mol. The van der Waals surface area contributed by atoms with Crippen LogP contribution in [0.3, 0.4) is 0 Å². The highest BCUT2D eigenvalue weighted by Crippen LogP contribution is 2.23. The van der Waals surface area contributed by atoms with Gasteiger partial charge >= 0.3 is 0 Å². The zero-order chi connectivity index (χ0) is 20.6. The number of amides is 1. The minimum absolute atomic E-state index is 0.117. The molecule has 4 nitrogen and oxygen atoms in total. The third-order valence-corrected chi connectivity index (χ3v) is 5.16. The maximum absolute atomic E-state index is 12.9. The molecule has 0 radical (unpaired) electrons. The second-order valence-electron chi connectivity index (χ2n) is 6.19. The molecule has 0 saturated carbocycles. The average molecular weight is 567 g/mol.